The molecular formula is C18H22O2. The minimum atomic E-state index is 0.542. The molecule has 0 aromatic heterocycles. The van der Waals surface area contributed by atoms with Crippen molar-refractivity contribution >= 4 is 0 Å². The average molecular weight is 270 g/mol. The summed E-state index contributed by atoms with van der Waals surface area (Å²) < 4.78 is 10.7. The summed E-state index contributed by atoms with van der Waals surface area (Å²) in [5.74, 6) is 2.19. The number of hydrogen-bond acceptors (Lipinski definition) is 2. The van der Waals surface area contributed by atoms with Crippen molar-refractivity contribution in [3.05, 3.63) is 47.5 Å². The molecule has 0 fully saturated rings. The Balaban J connectivity index is 2.51. The van der Waals surface area contributed by atoms with Crippen LogP contribution in [0.1, 0.15) is 30.9 Å². The van der Waals surface area contributed by atoms with Gasteiger partial charge >= 0.3 is 0 Å². The Kier molecular flexibility index (Phi) is 4.33. The fraction of sp³-hybridized carbons (Fsp3) is 0.333. The van der Waals surface area contributed by atoms with Crippen LogP contribution in [0, 0.1) is 6.92 Å². The molecule has 0 unspecified atom stereocenters. The second-order valence-corrected chi connectivity index (χ2v) is 5.30. The molecule has 106 valence electrons. The molecule has 20 heavy (non-hydrogen) atoms. The SMILES string of the molecule is COc1ccc(-c2ccc(C(C)C)cc2C)c(OC)c1. The van der Waals surface area contributed by atoms with Crippen LogP contribution >= 0.6 is 0 Å². The van der Waals surface area contributed by atoms with Crippen molar-refractivity contribution in [2.24, 2.45) is 0 Å². The van der Waals surface area contributed by atoms with Crippen molar-refractivity contribution in [3.8, 4) is 22.6 Å². The molecule has 0 saturated carbocycles. The molecule has 2 aromatic rings. The second-order valence-electron chi connectivity index (χ2n) is 5.30. The molecule has 2 heteroatoms. The highest BCUT2D eigenvalue weighted by atomic mass is 16.5. The number of ether oxygens (including phenoxy) is 2. The third kappa shape index (κ3) is 2.79. The molecule has 0 radical (unpaired) electrons. The van der Waals surface area contributed by atoms with Crippen LogP contribution < -0.4 is 9.47 Å². The normalized spacial score (nSPS) is 10.7. The second kappa shape index (κ2) is 6.00. The molecule has 0 atom stereocenters. The van der Waals surface area contributed by atoms with Crippen LogP contribution in [0.2, 0.25) is 0 Å². The van der Waals surface area contributed by atoms with Gasteiger partial charge in [-0.3, -0.25) is 0 Å². The summed E-state index contributed by atoms with van der Waals surface area (Å²) in [7, 11) is 3.35. The lowest BCUT2D eigenvalue weighted by Gasteiger charge is -2.14. The maximum absolute atomic E-state index is 5.49. The van der Waals surface area contributed by atoms with Gasteiger partial charge in [0.1, 0.15) is 11.5 Å². The highest BCUT2D eigenvalue weighted by Gasteiger charge is 2.11. The fourth-order valence-corrected chi connectivity index (χ4v) is 2.37. The van der Waals surface area contributed by atoms with Crippen molar-refractivity contribution in [1.29, 1.82) is 0 Å². The Morgan fingerprint density at radius 1 is 0.850 bits per heavy atom. The molecule has 0 aliphatic heterocycles. The minimum absolute atomic E-state index is 0.542. The zero-order valence-electron chi connectivity index (χ0n) is 12.9. The van der Waals surface area contributed by atoms with E-state index in [-0.39, 0.29) is 0 Å². The van der Waals surface area contributed by atoms with E-state index in [0.29, 0.717) is 5.92 Å². The summed E-state index contributed by atoms with van der Waals surface area (Å²) in [5.41, 5.74) is 4.92. The number of benzene rings is 2. The van der Waals surface area contributed by atoms with Gasteiger partial charge < -0.3 is 9.47 Å². The van der Waals surface area contributed by atoms with Crippen molar-refractivity contribution in [2.75, 3.05) is 14.2 Å². The van der Waals surface area contributed by atoms with E-state index in [9.17, 15) is 0 Å². The van der Waals surface area contributed by atoms with Gasteiger partial charge in [-0.15, -0.1) is 0 Å². The number of hydrogen-bond donors (Lipinski definition) is 0. The van der Waals surface area contributed by atoms with E-state index in [1.54, 1.807) is 14.2 Å². The van der Waals surface area contributed by atoms with Crippen LogP contribution in [0.4, 0.5) is 0 Å². The Morgan fingerprint density at radius 2 is 1.55 bits per heavy atom. The molecule has 2 rings (SSSR count). The predicted molar refractivity (Wildman–Crippen MR) is 83.8 cm³/mol. The Bertz CT molecular complexity index is 600. The average Bonchev–Trinajstić information content (AvgIpc) is 2.46. The zero-order valence-corrected chi connectivity index (χ0v) is 12.9. The van der Waals surface area contributed by atoms with Crippen LogP contribution in [0.15, 0.2) is 36.4 Å². The van der Waals surface area contributed by atoms with Gasteiger partial charge in [-0.05, 0) is 41.7 Å². The maximum Gasteiger partial charge on any atom is 0.130 e. The molecule has 0 aliphatic carbocycles. The first-order chi connectivity index (χ1) is 9.56. The van der Waals surface area contributed by atoms with E-state index in [1.807, 2.05) is 12.1 Å². The number of rotatable bonds is 4. The summed E-state index contributed by atoms with van der Waals surface area (Å²) in [6.07, 6.45) is 0. The molecule has 0 heterocycles. The number of methoxy groups -OCH3 is 2. The van der Waals surface area contributed by atoms with Gasteiger partial charge in [0.15, 0.2) is 0 Å². The highest BCUT2D eigenvalue weighted by Crippen LogP contribution is 2.35. The first-order valence-electron chi connectivity index (χ1n) is 6.89. The maximum atomic E-state index is 5.49. The Labute approximate surface area is 121 Å². The van der Waals surface area contributed by atoms with Gasteiger partial charge in [-0.25, -0.2) is 0 Å². The fourth-order valence-electron chi connectivity index (χ4n) is 2.37. The van der Waals surface area contributed by atoms with E-state index in [0.717, 1.165) is 17.1 Å². The molecule has 0 aliphatic rings. The van der Waals surface area contributed by atoms with Gasteiger partial charge in [0.25, 0.3) is 0 Å². The van der Waals surface area contributed by atoms with Crippen molar-refractivity contribution in [1.82, 2.24) is 0 Å². The summed E-state index contributed by atoms with van der Waals surface area (Å²) in [6.45, 7) is 6.57. The van der Waals surface area contributed by atoms with Gasteiger partial charge in [0.05, 0.1) is 14.2 Å². The van der Waals surface area contributed by atoms with Crippen LogP contribution in [0.3, 0.4) is 0 Å². The topological polar surface area (TPSA) is 18.5 Å². The molecular weight excluding hydrogens is 248 g/mol. The molecule has 0 amide bonds. The summed E-state index contributed by atoms with van der Waals surface area (Å²) in [6, 6.07) is 12.6. The van der Waals surface area contributed by atoms with Crippen molar-refractivity contribution < 1.29 is 9.47 Å². The summed E-state index contributed by atoms with van der Waals surface area (Å²) in [5, 5.41) is 0. The quantitative estimate of drug-likeness (QED) is 0.794. The highest BCUT2D eigenvalue weighted by molar-refractivity contribution is 5.74. The lowest BCUT2D eigenvalue weighted by Crippen LogP contribution is -1.94. The molecule has 0 saturated heterocycles. The van der Waals surface area contributed by atoms with Gasteiger partial charge in [0.2, 0.25) is 0 Å². The van der Waals surface area contributed by atoms with E-state index < -0.39 is 0 Å². The van der Waals surface area contributed by atoms with Crippen LogP contribution in [-0.2, 0) is 0 Å². The largest absolute Gasteiger partial charge is 0.497 e. The number of aryl methyl sites for hydroxylation is 1. The van der Waals surface area contributed by atoms with Crippen LogP contribution in [0.5, 0.6) is 11.5 Å². The third-order valence-corrected chi connectivity index (χ3v) is 3.62. The van der Waals surface area contributed by atoms with Crippen LogP contribution in [0.25, 0.3) is 11.1 Å². The summed E-state index contributed by atoms with van der Waals surface area (Å²) >= 11 is 0. The molecule has 0 N–H and O–H groups in total. The van der Waals surface area contributed by atoms with Crippen molar-refractivity contribution in [2.45, 2.75) is 26.7 Å². The van der Waals surface area contributed by atoms with Crippen molar-refractivity contribution in [3.63, 3.8) is 0 Å². The minimum Gasteiger partial charge on any atom is -0.497 e. The first-order valence-corrected chi connectivity index (χ1v) is 6.89. The Morgan fingerprint density at radius 3 is 2.10 bits per heavy atom. The molecule has 0 spiro atoms. The molecule has 0 bridgehead atoms. The predicted octanol–water partition coefficient (Wildman–Crippen LogP) is 4.80. The molecule has 2 aromatic carbocycles. The summed E-state index contributed by atoms with van der Waals surface area (Å²) in [4.78, 5) is 0. The van der Waals surface area contributed by atoms with E-state index in [2.05, 4.69) is 45.0 Å². The van der Waals surface area contributed by atoms with Gasteiger partial charge in [-0.1, -0.05) is 32.0 Å². The lowest BCUT2D eigenvalue weighted by molar-refractivity contribution is 0.395. The molecule has 2 nitrogen and oxygen atoms in total. The smallest absolute Gasteiger partial charge is 0.130 e. The first kappa shape index (κ1) is 14.4. The van der Waals surface area contributed by atoms with Gasteiger partial charge in [0, 0.05) is 11.6 Å². The van der Waals surface area contributed by atoms with E-state index in [1.165, 1.54) is 16.7 Å². The standard InChI is InChI=1S/C18H22O2/c1-12(2)14-6-8-16(13(3)10-14)17-9-7-15(19-4)11-18(17)20-5/h6-12H,1-5H3. The zero-order chi connectivity index (χ0) is 14.7. The van der Waals surface area contributed by atoms with E-state index >= 15 is 0 Å². The monoisotopic (exact) mass is 270 g/mol. The van der Waals surface area contributed by atoms with E-state index in [4.69, 9.17) is 9.47 Å². The van der Waals surface area contributed by atoms with Crippen LogP contribution in [-0.4, -0.2) is 14.2 Å². The lowest BCUT2D eigenvalue weighted by atomic mass is 9.94. The Hall–Kier alpha value is -1.96. The van der Waals surface area contributed by atoms with Gasteiger partial charge in [-0.2, -0.15) is 0 Å². The third-order valence-electron chi connectivity index (χ3n) is 3.62.